The van der Waals surface area contributed by atoms with Crippen molar-refractivity contribution in [2.24, 2.45) is 0 Å². The Hall–Kier alpha value is -1.96. The molecule has 0 aliphatic carbocycles. The molecule has 0 fully saturated rings. The van der Waals surface area contributed by atoms with Crippen LogP contribution < -0.4 is 4.90 Å². The van der Waals surface area contributed by atoms with Crippen LogP contribution in [0.25, 0.3) is 0 Å². The third-order valence-corrected chi connectivity index (χ3v) is 4.61. The molecule has 2 aromatic rings. The standard InChI is InChI=1S/C15H23N5O2S/c1-7-20-12(4)13(11(3)18-20)9-19(5)14-8-10(2)16-15(17-14)23(6,21)22/h8H,7,9H2,1-6H3. The van der Waals surface area contributed by atoms with E-state index in [4.69, 9.17) is 0 Å². The molecule has 0 N–H and O–H groups in total. The molecule has 23 heavy (non-hydrogen) atoms. The molecule has 7 nitrogen and oxygen atoms in total. The average molecular weight is 337 g/mol. The minimum absolute atomic E-state index is 0.142. The summed E-state index contributed by atoms with van der Waals surface area (Å²) in [7, 11) is -1.55. The van der Waals surface area contributed by atoms with Gasteiger partial charge in [-0.15, -0.1) is 0 Å². The molecule has 126 valence electrons. The van der Waals surface area contributed by atoms with E-state index in [-0.39, 0.29) is 5.16 Å². The number of hydrogen-bond acceptors (Lipinski definition) is 6. The van der Waals surface area contributed by atoms with Gasteiger partial charge in [-0.1, -0.05) is 0 Å². The number of rotatable bonds is 5. The Morgan fingerprint density at radius 3 is 2.39 bits per heavy atom. The minimum atomic E-state index is -3.44. The maximum Gasteiger partial charge on any atom is 0.248 e. The van der Waals surface area contributed by atoms with Crippen molar-refractivity contribution in [2.75, 3.05) is 18.2 Å². The molecular weight excluding hydrogens is 314 g/mol. The Morgan fingerprint density at radius 1 is 1.22 bits per heavy atom. The summed E-state index contributed by atoms with van der Waals surface area (Å²) < 4.78 is 25.4. The van der Waals surface area contributed by atoms with E-state index < -0.39 is 9.84 Å². The lowest BCUT2D eigenvalue weighted by atomic mass is 10.2. The fourth-order valence-electron chi connectivity index (χ4n) is 2.48. The van der Waals surface area contributed by atoms with Crippen LogP contribution in [0.15, 0.2) is 11.2 Å². The summed E-state index contributed by atoms with van der Waals surface area (Å²) in [4.78, 5) is 10.1. The van der Waals surface area contributed by atoms with Gasteiger partial charge in [0.05, 0.1) is 5.69 Å². The molecular formula is C15H23N5O2S. The normalized spacial score (nSPS) is 11.7. The van der Waals surface area contributed by atoms with Crippen LogP contribution in [0.4, 0.5) is 5.82 Å². The largest absolute Gasteiger partial charge is 0.355 e. The topological polar surface area (TPSA) is 81.0 Å². The number of sulfone groups is 1. The maximum atomic E-state index is 11.7. The van der Waals surface area contributed by atoms with E-state index in [2.05, 4.69) is 22.0 Å². The second-order valence-electron chi connectivity index (χ2n) is 5.74. The van der Waals surface area contributed by atoms with Crippen LogP contribution in [0.3, 0.4) is 0 Å². The Labute approximate surface area is 137 Å². The number of aromatic nitrogens is 4. The Balaban J connectivity index is 2.37. The van der Waals surface area contributed by atoms with Gasteiger partial charge in [-0.05, 0) is 27.7 Å². The molecule has 0 saturated heterocycles. The van der Waals surface area contributed by atoms with Crippen LogP contribution in [0, 0.1) is 20.8 Å². The summed E-state index contributed by atoms with van der Waals surface area (Å²) in [5.41, 5.74) is 3.85. The molecule has 0 amide bonds. The van der Waals surface area contributed by atoms with E-state index in [0.29, 0.717) is 18.1 Å². The minimum Gasteiger partial charge on any atom is -0.355 e. The number of nitrogens with zero attached hydrogens (tertiary/aromatic N) is 5. The summed E-state index contributed by atoms with van der Waals surface area (Å²) in [6, 6.07) is 1.78. The number of hydrogen-bond donors (Lipinski definition) is 0. The molecule has 2 heterocycles. The quantitative estimate of drug-likeness (QED) is 0.772. The van der Waals surface area contributed by atoms with Crippen molar-refractivity contribution in [3.63, 3.8) is 0 Å². The highest BCUT2D eigenvalue weighted by Gasteiger charge is 2.17. The summed E-state index contributed by atoms with van der Waals surface area (Å²) in [6.45, 7) is 9.27. The van der Waals surface area contributed by atoms with Crippen molar-refractivity contribution in [3.05, 3.63) is 28.7 Å². The lowest BCUT2D eigenvalue weighted by Gasteiger charge is -2.19. The molecule has 0 aliphatic heterocycles. The van der Waals surface area contributed by atoms with Gasteiger partial charge in [0.1, 0.15) is 5.82 Å². The molecule has 0 atom stereocenters. The van der Waals surface area contributed by atoms with Gasteiger partial charge >= 0.3 is 0 Å². The fourth-order valence-corrected chi connectivity index (χ4v) is 3.04. The van der Waals surface area contributed by atoms with Crippen LogP contribution >= 0.6 is 0 Å². The Morgan fingerprint density at radius 2 is 1.87 bits per heavy atom. The summed E-state index contributed by atoms with van der Waals surface area (Å²) >= 11 is 0. The molecule has 0 bridgehead atoms. The van der Waals surface area contributed by atoms with Crippen molar-refractivity contribution in [3.8, 4) is 0 Å². The Bertz CT molecular complexity index is 827. The zero-order valence-electron chi connectivity index (χ0n) is 14.5. The highest BCUT2D eigenvalue weighted by Crippen LogP contribution is 2.20. The van der Waals surface area contributed by atoms with Gasteiger partial charge in [-0.2, -0.15) is 5.10 Å². The van der Waals surface area contributed by atoms with Gasteiger partial charge in [-0.3, -0.25) is 4.68 Å². The van der Waals surface area contributed by atoms with Gasteiger partial charge in [0, 0.05) is 49.4 Å². The monoisotopic (exact) mass is 337 g/mol. The van der Waals surface area contributed by atoms with Crippen molar-refractivity contribution in [1.82, 2.24) is 19.7 Å². The van der Waals surface area contributed by atoms with Crippen LogP contribution in [0.2, 0.25) is 0 Å². The second kappa shape index (κ2) is 6.27. The zero-order valence-corrected chi connectivity index (χ0v) is 15.3. The molecule has 0 aliphatic rings. The highest BCUT2D eigenvalue weighted by atomic mass is 32.2. The first kappa shape index (κ1) is 17.4. The van der Waals surface area contributed by atoms with Crippen molar-refractivity contribution in [2.45, 2.75) is 45.9 Å². The third-order valence-electron chi connectivity index (χ3n) is 3.77. The fraction of sp³-hybridized carbons (Fsp3) is 0.533. The van der Waals surface area contributed by atoms with Crippen LogP contribution in [-0.4, -0.2) is 41.5 Å². The van der Waals surface area contributed by atoms with Gasteiger partial charge in [-0.25, -0.2) is 18.4 Å². The number of anilines is 1. The van der Waals surface area contributed by atoms with E-state index in [1.54, 1.807) is 13.0 Å². The first-order chi connectivity index (χ1) is 10.6. The average Bonchev–Trinajstić information content (AvgIpc) is 2.73. The highest BCUT2D eigenvalue weighted by molar-refractivity contribution is 7.90. The Kier molecular flexibility index (Phi) is 4.74. The van der Waals surface area contributed by atoms with Crippen molar-refractivity contribution >= 4 is 15.7 Å². The summed E-state index contributed by atoms with van der Waals surface area (Å²) in [5.74, 6) is 0.584. The molecule has 2 aromatic heterocycles. The predicted octanol–water partition coefficient (Wildman–Crippen LogP) is 1.66. The third kappa shape index (κ3) is 3.69. The molecule has 2 rings (SSSR count). The van der Waals surface area contributed by atoms with Crippen LogP contribution in [-0.2, 0) is 22.9 Å². The van der Waals surface area contributed by atoms with E-state index >= 15 is 0 Å². The first-order valence-electron chi connectivity index (χ1n) is 7.43. The zero-order chi connectivity index (χ0) is 17.4. The van der Waals surface area contributed by atoms with E-state index in [0.717, 1.165) is 29.8 Å². The van der Waals surface area contributed by atoms with E-state index in [9.17, 15) is 8.42 Å². The SMILES string of the molecule is CCn1nc(C)c(CN(C)c2cc(C)nc(S(C)(=O)=O)n2)c1C. The first-order valence-corrected chi connectivity index (χ1v) is 9.32. The molecule has 0 aromatic carbocycles. The molecule has 0 saturated carbocycles. The van der Waals surface area contributed by atoms with Crippen molar-refractivity contribution in [1.29, 1.82) is 0 Å². The number of aryl methyl sites for hydroxylation is 3. The van der Waals surface area contributed by atoms with E-state index in [1.807, 2.05) is 30.5 Å². The van der Waals surface area contributed by atoms with E-state index in [1.165, 1.54) is 0 Å². The molecule has 0 radical (unpaired) electrons. The van der Waals surface area contributed by atoms with Gasteiger partial charge in [0.15, 0.2) is 0 Å². The lowest BCUT2D eigenvalue weighted by Crippen LogP contribution is -2.20. The van der Waals surface area contributed by atoms with Gasteiger partial charge in [0.25, 0.3) is 0 Å². The van der Waals surface area contributed by atoms with Gasteiger partial charge < -0.3 is 4.90 Å². The maximum absolute atomic E-state index is 11.7. The predicted molar refractivity (Wildman–Crippen MR) is 89.4 cm³/mol. The van der Waals surface area contributed by atoms with Crippen molar-refractivity contribution < 1.29 is 8.42 Å². The molecule has 8 heteroatoms. The smallest absolute Gasteiger partial charge is 0.248 e. The summed E-state index contributed by atoms with van der Waals surface area (Å²) in [5, 5.41) is 4.37. The lowest BCUT2D eigenvalue weighted by molar-refractivity contribution is 0.592. The van der Waals surface area contributed by atoms with Crippen LogP contribution in [0.1, 0.15) is 29.6 Å². The van der Waals surface area contributed by atoms with Crippen LogP contribution in [0.5, 0.6) is 0 Å². The molecule has 0 spiro atoms. The second-order valence-corrected chi connectivity index (χ2v) is 7.65. The molecule has 0 unspecified atom stereocenters. The summed E-state index contributed by atoms with van der Waals surface area (Å²) in [6.07, 6.45) is 1.12. The van der Waals surface area contributed by atoms with Gasteiger partial charge in [0.2, 0.25) is 15.0 Å².